The normalized spacial score (nSPS) is 13.2. The van der Waals surface area contributed by atoms with Crippen molar-refractivity contribution in [3.8, 4) is 33.5 Å². The van der Waals surface area contributed by atoms with Crippen molar-refractivity contribution in [2.45, 2.75) is 18.2 Å². The molecule has 5 heteroatoms. The van der Waals surface area contributed by atoms with Crippen LogP contribution in [0.5, 0.6) is 0 Å². The first-order valence-corrected chi connectivity index (χ1v) is 16.9. The van der Waals surface area contributed by atoms with Crippen molar-refractivity contribution in [3.05, 3.63) is 193 Å². The fourth-order valence-electron chi connectivity index (χ4n) is 6.86. The highest BCUT2D eigenvalue weighted by molar-refractivity contribution is 6.10. The Morgan fingerprint density at radius 1 is 0.460 bits per heavy atom. The summed E-state index contributed by atoms with van der Waals surface area (Å²) in [4.78, 5) is 9.53. The van der Waals surface area contributed by atoms with Crippen molar-refractivity contribution in [2.24, 2.45) is 11.5 Å². The molecule has 0 radical (unpaired) electrons. The molecule has 6 aromatic carbocycles. The Balaban J connectivity index is 1.20. The van der Waals surface area contributed by atoms with Gasteiger partial charge in [0, 0.05) is 34.8 Å². The van der Waals surface area contributed by atoms with Crippen LogP contribution in [-0.4, -0.2) is 9.97 Å². The van der Waals surface area contributed by atoms with E-state index >= 15 is 0 Å². The maximum Gasteiger partial charge on any atom is 0.0815 e. The van der Waals surface area contributed by atoms with Gasteiger partial charge in [-0.2, -0.15) is 0 Å². The maximum absolute atomic E-state index is 7.26. The molecule has 0 aliphatic rings. The number of hydrogen-bond donors (Lipinski definition) is 3. The van der Waals surface area contributed by atoms with Crippen LogP contribution in [-0.2, 0) is 0 Å². The molecule has 0 spiro atoms. The molecule has 5 N–H and O–H groups in total. The maximum atomic E-state index is 7.26. The van der Waals surface area contributed by atoms with Gasteiger partial charge in [-0.15, -0.1) is 0 Å². The van der Waals surface area contributed by atoms with Crippen LogP contribution in [0.4, 0.5) is 0 Å². The summed E-state index contributed by atoms with van der Waals surface area (Å²) in [6.07, 6.45) is 3.36. The summed E-state index contributed by atoms with van der Waals surface area (Å²) in [5, 5.41) is 6.96. The molecule has 5 nitrogen and oxygen atoms in total. The Labute approximate surface area is 292 Å². The molecule has 50 heavy (non-hydrogen) atoms. The quantitative estimate of drug-likeness (QED) is 0.107. The fraction of sp³-hybridized carbons (Fsp3) is 0.0667. The average molecular weight is 648 g/mol. The Bertz CT molecular complexity index is 2380. The van der Waals surface area contributed by atoms with Crippen LogP contribution in [0.2, 0.25) is 0 Å². The van der Waals surface area contributed by atoms with Crippen LogP contribution >= 0.6 is 0 Å². The Hall–Kier alpha value is -5.98. The number of nitrogens with two attached hydrogens (primary N) is 2. The molecular weight excluding hydrogens is 611 g/mol. The Kier molecular flexibility index (Phi) is 8.68. The minimum atomic E-state index is -0.397. The standard InChI is InChI=1S/C45H37N5/c46-42(44(32-14-6-2-7-15-32)50-45(47)34-16-8-3-9-17-34)37-27-35(30-12-4-1-5-13-30)26-36(28-37)31-20-22-33(23-21-31)43-40-29-48-25-24-38(40)39-18-10-11-19-41(39)49-43/h1-29,42,44-45,50H,46-47H2/t42-,44?,45?/m0/s1. The number of pyridine rings is 2. The zero-order valence-corrected chi connectivity index (χ0v) is 27.5. The van der Waals surface area contributed by atoms with Crippen molar-refractivity contribution in [1.82, 2.24) is 15.3 Å². The van der Waals surface area contributed by atoms with E-state index in [-0.39, 0.29) is 6.04 Å². The molecule has 0 aliphatic heterocycles. The number of rotatable bonds is 9. The lowest BCUT2D eigenvalue weighted by atomic mass is 9.88. The van der Waals surface area contributed by atoms with E-state index in [1.807, 2.05) is 73.1 Å². The third kappa shape index (κ3) is 6.29. The lowest BCUT2D eigenvalue weighted by Gasteiger charge is -2.30. The SMILES string of the molecule is NC(NC(c1ccccc1)[C@@H](N)c1cc(-c2ccccc2)cc(-c2ccc(-c3nc4ccccc4c4ccncc34)cc2)c1)c1ccccc1. The number of benzene rings is 6. The second-order valence-corrected chi connectivity index (χ2v) is 12.7. The smallest absolute Gasteiger partial charge is 0.0815 e. The molecule has 0 fully saturated rings. The van der Waals surface area contributed by atoms with Gasteiger partial charge in [-0.25, -0.2) is 4.98 Å². The molecule has 3 atom stereocenters. The highest BCUT2D eigenvalue weighted by atomic mass is 15.1. The number of aromatic nitrogens is 2. The molecule has 242 valence electrons. The van der Waals surface area contributed by atoms with Crippen molar-refractivity contribution < 1.29 is 0 Å². The van der Waals surface area contributed by atoms with E-state index in [2.05, 4.69) is 113 Å². The highest BCUT2D eigenvalue weighted by Gasteiger charge is 2.25. The van der Waals surface area contributed by atoms with Gasteiger partial charge in [0.1, 0.15) is 0 Å². The first kappa shape index (κ1) is 31.3. The van der Waals surface area contributed by atoms with Gasteiger partial charge in [-0.05, 0) is 74.7 Å². The minimum Gasteiger partial charge on any atom is -0.322 e. The number of para-hydroxylation sites is 1. The molecule has 8 rings (SSSR count). The first-order valence-electron chi connectivity index (χ1n) is 16.9. The van der Waals surface area contributed by atoms with Crippen LogP contribution in [0.1, 0.15) is 34.9 Å². The molecule has 2 heterocycles. The van der Waals surface area contributed by atoms with E-state index in [0.717, 1.165) is 71.9 Å². The van der Waals surface area contributed by atoms with Crippen LogP contribution < -0.4 is 16.8 Å². The van der Waals surface area contributed by atoms with E-state index in [4.69, 9.17) is 16.5 Å². The number of hydrogen-bond acceptors (Lipinski definition) is 5. The van der Waals surface area contributed by atoms with Gasteiger partial charge in [0.25, 0.3) is 0 Å². The summed E-state index contributed by atoms with van der Waals surface area (Å²) in [6.45, 7) is 0. The zero-order valence-electron chi connectivity index (χ0n) is 27.5. The molecule has 0 amide bonds. The lowest BCUT2D eigenvalue weighted by molar-refractivity contribution is 0.398. The van der Waals surface area contributed by atoms with Crippen molar-refractivity contribution >= 4 is 21.7 Å². The summed E-state index contributed by atoms with van der Waals surface area (Å²) in [7, 11) is 0. The van der Waals surface area contributed by atoms with Crippen molar-refractivity contribution in [3.63, 3.8) is 0 Å². The molecule has 2 aromatic heterocycles. The fourth-order valence-corrected chi connectivity index (χ4v) is 6.86. The molecule has 2 unspecified atom stereocenters. The van der Waals surface area contributed by atoms with Gasteiger partial charge in [-0.1, -0.05) is 133 Å². The summed E-state index contributed by atoms with van der Waals surface area (Å²) >= 11 is 0. The monoisotopic (exact) mass is 647 g/mol. The Morgan fingerprint density at radius 2 is 1.04 bits per heavy atom. The van der Waals surface area contributed by atoms with Crippen molar-refractivity contribution in [2.75, 3.05) is 0 Å². The van der Waals surface area contributed by atoms with Gasteiger partial charge in [-0.3, -0.25) is 10.3 Å². The van der Waals surface area contributed by atoms with E-state index < -0.39 is 12.2 Å². The van der Waals surface area contributed by atoms with E-state index in [9.17, 15) is 0 Å². The summed E-state index contributed by atoms with van der Waals surface area (Å²) in [6, 6.07) is 55.9. The van der Waals surface area contributed by atoms with E-state index in [1.54, 1.807) is 0 Å². The minimum absolute atomic E-state index is 0.242. The van der Waals surface area contributed by atoms with Crippen LogP contribution in [0.15, 0.2) is 176 Å². The van der Waals surface area contributed by atoms with Gasteiger partial charge in [0.2, 0.25) is 0 Å². The lowest BCUT2D eigenvalue weighted by Crippen LogP contribution is -2.38. The van der Waals surface area contributed by atoms with E-state index in [1.165, 1.54) is 0 Å². The largest absolute Gasteiger partial charge is 0.322 e. The average Bonchev–Trinajstić information content (AvgIpc) is 3.20. The van der Waals surface area contributed by atoms with Gasteiger partial charge in [0.05, 0.1) is 23.4 Å². The molecule has 0 saturated heterocycles. The zero-order chi connectivity index (χ0) is 33.9. The molecular formula is C45H37N5. The van der Waals surface area contributed by atoms with Crippen LogP contribution in [0, 0.1) is 0 Å². The van der Waals surface area contributed by atoms with Crippen molar-refractivity contribution in [1.29, 1.82) is 0 Å². The van der Waals surface area contributed by atoms with Gasteiger partial charge >= 0.3 is 0 Å². The van der Waals surface area contributed by atoms with Crippen LogP contribution in [0.25, 0.3) is 55.2 Å². The third-order valence-corrected chi connectivity index (χ3v) is 9.48. The summed E-state index contributed by atoms with van der Waals surface area (Å²) < 4.78 is 0. The number of nitrogens with one attached hydrogen (secondary N) is 1. The molecule has 0 saturated carbocycles. The van der Waals surface area contributed by atoms with Gasteiger partial charge < -0.3 is 11.5 Å². The molecule has 0 aliphatic carbocycles. The topological polar surface area (TPSA) is 89.8 Å². The van der Waals surface area contributed by atoms with Crippen LogP contribution in [0.3, 0.4) is 0 Å². The third-order valence-electron chi connectivity index (χ3n) is 9.48. The molecule has 0 bridgehead atoms. The second-order valence-electron chi connectivity index (χ2n) is 12.7. The predicted octanol–water partition coefficient (Wildman–Crippen LogP) is 9.77. The summed E-state index contributed by atoms with van der Waals surface area (Å²) in [5.74, 6) is 0. The number of fused-ring (bicyclic) bond motifs is 3. The predicted molar refractivity (Wildman–Crippen MR) is 206 cm³/mol. The Morgan fingerprint density at radius 3 is 1.74 bits per heavy atom. The van der Waals surface area contributed by atoms with Gasteiger partial charge in [0.15, 0.2) is 0 Å². The first-order chi connectivity index (χ1) is 24.6. The molecule has 8 aromatic rings. The number of nitrogens with zero attached hydrogens (tertiary/aromatic N) is 2. The second kappa shape index (κ2) is 13.9. The highest BCUT2D eigenvalue weighted by Crippen LogP contribution is 2.37. The van der Waals surface area contributed by atoms with E-state index in [0.29, 0.717) is 0 Å². The summed E-state index contributed by atoms with van der Waals surface area (Å²) in [5.41, 5.74) is 24.4.